The molecule has 8 heteroatoms. The molecular formula is C19H15Cl2N3O3. The van der Waals surface area contributed by atoms with Crippen LogP contribution in [0.3, 0.4) is 0 Å². The molecule has 1 N–H and O–H groups in total. The van der Waals surface area contributed by atoms with Gasteiger partial charge in [-0.15, -0.1) is 0 Å². The number of rotatable bonds is 5. The van der Waals surface area contributed by atoms with Gasteiger partial charge in [-0.05, 0) is 36.4 Å². The first-order valence-electron chi connectivity index (χ1n) is 7.94. The fourth-order valence-electron chi connectivity index (χ4n) is 2.43. The van der Waals surface area contributed by atoms with Crippen LogP contribution in [-0.2, 0) is 11.3 Å². The molecule has 0 bridgehead atoms. The SMILES string of the molecule is COC(=O)c1ccc(C(=O)Nc2ccn(Cc3c(Cl)cccc3Cl)n2)cc1. The highest BCUT2D eigenvalue weighted by Gasteiger charge is 2.12. The summed E-state index contributed by atoms with van der Waals surface area (Å²) < 4.78 is 6.26. The predicted octanol–water partition coefficient (Wildman–Crippen LogP) is 4.28. The maximum Gasteiger partial charge on any atom is 0.337 e. The van der Waals surface area contributed by atoms with Crippen molar-refractivity contribution in [3.63, 3.8) is 0 Å². The molecule has 0 aliphatic rings. The molecule has 0 aliphatic heterocycles. The standard InChI is InChI=1S/C19H15Cl2N3O3/c1-27-19(26)13-7-5-12(6-8-13)18(25)22-17-9-10-24(23-17)11-14-15(20)3-2-4-16(14)21/h2-10H,11H2,1H3,(H,22,23,25). The van der Waals surface area contributed by atoms with E-state index in [9.17, 15) is 9.59 Å². The second kappa shape index (κ2) is 8.24. The molecular weight excluding hydrogens is 389 g/mol. The van der Waals surface area contributed by atoms with E-state index in [0.29, 0.717) is 33.5 Å². The quantitative estimate of drug-likeness (QED) is 0.645. The summed E-state index contributed by atoms with van der Waals surface area (Å²) >= 11 is 12.3. The summed E-state index contributed by atoms with van der Waals surface area (Å²) in [4.78, 5) is 23.8. The summed E-state index contributed by atoms with van der Waals surface area (Å²) in [7, 11) is 1.30. The van der Waals surface area contributed by atoms with Crippen molar-refractivity contribution in [1.82, 2.24) is 9.78 Å². The zero-order valence-corrected chi connectivity index (χ0v) is 15.8. The summed E-state index contributed by atoms with van der Waals surface area (Å²) in [6, 6.07) is 13.1. The van der Waals surface area contributed by atoms with Gasteiger partial charge in [0.25, 0.3) is 5.91 Å². The molecule has 27 heavy (non-hydrogen) atoms. The van der Waals surface area contributed by atoms with Gasteiger partial charge in [0.05, 0.1) is 19.2 Å². The number of carbonyl (C=O) groups excluding carboxylic acids is 2. The summed E-state index contributed by atoms with van der Waals surface area (Å²) in [5.41, 5.74) is 1.52. The van der Waals surface area contributed by atoms with E-state index in [0.717, 1.165) is 5.56 Å². The minimum absolute atomic E-state index is 0.340. The van der Waals surface area contributed by atoms with Crippen LogP contribution >= 0.6 is 23.2 Å². The van der Waals surface area contributed by atoms with Crippen LogP contribution in [0.25, 0.3) is 0 Å². The smallest absolute Gasteiger partial charge is 0.337 e. The second-order valence-electron chi connectivity index (χ2n) is 5.62. The molecule has 1 heterocycles. The van der Waals surface area contributed by atoms with Gasteiger partial charge in [0.15, 0.2) is 5.82 Å². The molecule has 138 valence electrons. The molecule has 0 aliphatic carbocycles. The summed E-state index contributed by atoms with van der Waals surface area (Å²) in [5.74, 6) is -0.411. The molecule has 1 aromatic heterocycles. The molecule has 3 rings (SSSR count). The van der Waals surface area contributed by atoms with Crippen LogP contribution in [0.5, 0.6) is 0 Å². The number of benzene rings is 2. The third-order valence-corrected chi connectivity index (χ3v) is 4.54. The van der Waals surface area contributed by atoms with Gasteiger partial charge < -0.3 is 10.1 Å². The topological polar surface area (TPSA) is 73.2 Å². The first-order valence-corrected chi connectivity index (χ1v) is 8.69. The lowest BCUT2D eigenvalue weighted by molar-refractivity contribution is 0.0600. The summed E-state index contributed by atoms with van der Waals surface area (Å²) in [6.45, 7) is 0.377. The van der Waals surface area contributed by atoms with Crippen molar-refractivity contribution < 1.29 is 14.3 Å². The number of methoxy groups -OCH3 is 1. The predicted molar refractivity (Wildman–Crippen MR) is 104 cm³/mol. The Bertz CT molecular complexity index is 964. The number of anilines is 1. The van der Waals surface area contributed by atoms with Crippen LogP contribution in [0.15, 0.2) is 54.7 Å². The summed E-state index contributed by atoms with van der Waals surface area (Å²) in [5, 5.41) is 8.11. The van der Waals surface area contributed by atoms with E-state index in [1.165, 1.54) is 19.2 Å². The van der Waals surface area contributed by atoms with E-state index in [-0.39, 0.29) is 5.91 Å². The Balaban J connectivity index is 1.68. The Morgan fingerprint density at radius 1 is 1.04 bits per heavy atom. The largest absolute Gasteiger partial charge is 0.465 e. The normalized spacial score (nSPS) is 10.5. The van der Waals surface area contributed by atoms with E-state index < -0.39 is 5.97 Å². The molecule has 0 radical (unpaired) electrons. The van der Waals surface area contributed by atoms with Gasteiger partial charge in [0, 0.05) is 33.4 Å². The number of amides is 1. The minimum Gasteiger partial charge on any atom is -0.465 e. The number of hydrogen-bond donors (Lipinski definition) is 1. The van der Waals surface area contributed by atoms with Gasteiger partial charge in [0.1, 0.15) is 0 Å². The molecule has 6 nitrogen and oxygen atoms in total. The maximum atomic E-state index is 12.3. The second-order valence-corrected chi connectivity index (χ2v) is 6.44. The highest BCUT2D eigenvalue weighted by atomic mass is 35.5. The molecule has 0 atom stereocenters. The number of nitrogens with zero attached hydrogens (tertiary/aromatic N) is 2. The minimum atomic E-state index is -0.459. The van der Waals surface area contributed by atoms with Gasteiger partial charge in [-0.2, -0.15) is 5.10 Å². The molecule has 2 aromatic carbocycles. The summed E-state index contributed by atoms with van der Waals surface area (Å²) in [6.07, 6.45) is 1.72. The lowest BCUT2D eigenvalue weighted by Gasteiger charge is -2.07. The number of nitrogens with one attached hydrogen (secondary N) is 1. The molecule has 0 spiro atoms. The maximum absolute atomic E-state index is 12.3. The lowest BCUT2D eigenvalue weighted by Crippen LogP contribution is -2.13. The molecule has 1 amide bonds. The number of ether oxygens (including phenoxy) is 1. The first-order chi connectivity index (χ1) is 13.0. The van der Waals surface area contributed by atoms with Gasteiger partial charge >= 0.3 is 5.97 Å². The van der Waals surface area contributed by atoms with E-state index in [1.54, 1.807) is 47.3 Å². The van der Waals surface area contributed by atoms with E-state index in [4.69, 9.17) is 23.2 Å². The Labute approximate surface area is 165 Å². The third-order valence-electron chi connectivity index (χ3n) is 3.83. The van der Waals surface area contributed by atoms with Crippen molar-refractivity contribution in [3.05, 3.63) is 81.5 Å². The molecule has 3 aromatic rings. The molecule has 0 saturated carbocycles. The van der Waals surface area contributed by atoms with Crippen LogP contribution in [0, 0.1) is 0 Å². The Morgan fingerprint density at radius 2 is 1.67 bits per heavy atom. The number of esters is 1. The monoisotopic (exact) mass is 403 g/mol. The molecule has 0 saturated heterocycles. The lowest BCUT2D eigenvalue weighted by atomic mass is 10.1. The van der Waals surface area contributed by atoms with Crippen LogP contribution < -0.4 is 5.32 Å². The van der Waals surface area contributed by atoms with Crippen LogP contribution in [0.4, 0.5) is 5.82 Å². The van der Waals surface area contributed by atoms with Crippen LogP contribution in [0.2, 0.25) is 10.0 Å². The van der Waals surface area contributed by atoms with E-state index >= 15 is 0 Å². The van der Waals surface area contributed by atoms with Gasteiger partial charge in [-0.3, -0.25) is 9.48 Å². The van der Waals surface area contributed by atoms with Crippen LogP contribution in [-0.4, -0.2) is 28.8 Å². The van der Waals surface area contributed by atoms with Crippen molar-refractivity contribution in [2.45, 2.75) is 6.54 Å². The average molecular weight is 404 g/mol. The van der Waals surface area contributed by atoms with Gasteiger partial charge in [-0.25, -0.2) is 4.79 Å². The number of aromatic nitrogens is 2. The van der Waals surface area contributed by atoms with Crippen molar-refractivity contribution >= 4 is 40.9 Å². The van der Waals surface area contributed by atoms with E-state index in [2.05, 4.69) is 15.2 Å². The van der Waals surface area contributed by atoms with Crippen molar-refractivity contribution in [1.29, 1.82) is 0 Å². The third kappa shape index (κ3) is 4.48. The number of hydrogen-bond acceptors (Lipinski definition) is 4. The zero-order valence-electron chi connectivity index (χ0n) is 14.3. The molecule has 0 unspecified atom stereocenters. The Hall–Kier alpha value is -2.83. The fourth-order valence-corrected chi connectivity index (χ4v) is 2.94. The highest BCUT2D eigenvalue weighted by Crippen LogP contribution is 2.25. The van der Waals surface area contributed by atoms with Crippen LogP contribution in [0.1, 0.15) is 26.3 Å². The zero-order chi connectivity index (χ0) is 19.4. The van der Waals surface area contributed by atoms with Gasteiger partial charge in [0.2, 0.25) is 0 Å². The highest BCUT2D eigenvalue weighted by molar-refractivity contribution is 6.35. The first kappa shape index (κ1) is 18.9. The van der Waals surface area contributed by atoms with Crippen molar-refractivity contribution in [2.75, 3.05) is 12.4 Å². The molecule has 0 fully saturated rings. The Morgan fingerprint density at radius 3 is 2.30 bits per heavy atom. The number of halogens is 2. The van der Waals surface area contributed by atoms with Crippen molar-refractivity contribution in [3.8, 4) is 0 Å². The Kier molecular flexibility index (Phi) is 5.78. The number of carbonyl (C=O) groups is 2. The average Bonchev–Trinajstić information content (AvgIpc) is 3.11. The van der Waals surface area contributed by atoms with Crippen molar-refractivity contribution in [2.24, 2.45) is 0 Å². The van der Waals surface area contributed by atoms with E-state index in [1.807, 2.05) is 0 Å². The fraction of sp³-hybridized carbons (Fsp3) is 0.105. The van der Waals surface area contributed by atoms with Gasteiger partial charge in [-0.1, -0.05) is 29.3 Å².